The minimum atomic E-state index is -4.77. The summed E-state index contributed by atoms with van der Waals surface area (Å²) >= 11 is 0. The van der Waals surface area contributed by atoms with Crippen LogP contribution in [-0.2, 0) is 42.2 Å². The minimum Gasteiger partial charge on any atom is -0.462 e. The zero-order chi connectivity index (χ0) is 55.5. The van der Waals surface area contributed by atoms with Crippen molar-refractivity contribution in [3.8, 4) is 0 Å². The first-order valence-corrected chi connectivity index (χ1v) is 31.3. The van der Waals surface area contributed by atoms with Gasteiger partial charge in [0.2, 0.25) is 0 Å². The number of ether oxygens (including phenoxy) is 3. The lowest BCUT2D eigenvalue weighted by atomic mass is 10.0. The van der Waals surface area contributed by atoms with Crippen molar-refractivity contribution in [1.82, 2.24) is 0 Å². The Bertz CT molecular complexity index is 1690. The maximum Gasteiger partial charge on any atom is 0.472 e. The Morgan fingerprint density at radius 2 is 0.697 bits per heavy atom. The Labute approximate surface area is 463 Å². The van der Waals surface area contributed by atoms with Crippen LogP contribution >= 0.6 is 7.82 Å². The Morgan fingerprint density at radius 1 is 0.382 bits per heavy atom. The molecule has 0 aromatic rings. The molecule has 0 amide bonds. The van der Waals surface area contributed by atoms with Gasteiger partial charge in [0.15, 0.2) is 6.10 Å². The highest BCUT2D eigenvalue weighted by Crippen LogP contribution is 2.43. The van der Waals surface area contributed by atoms with Crippen LogP contribution in [0.2, 0.25) is 0 Å². The van der Waals surface area contributed by atoms with Gasteiger partial charge in [-0.15, -0.1) is 0 Å². The molecule has 0 aromatic heterocycles. The van der Waals surface area contributed by atoms with E-state index in [1.807, 2.05) is 12.2 Å². The molecule has 0 radical (unpaired) electrons. The van der Waals surface area contributed by atoms with Gasteiger partial charge in [-0.05, 0) is 96.3 Å². The lowest BCUT2D eigenvalue weighted by Crippen LogP contribution is -2.30. The zero-order valence-electron chi connectivity index (χ0n) is 47.9. The first kappa shape index (κ1) is 72.1. The summed E-state index contributed by atoms with van der Waals surface area (Å²) in [5.41, 5.74) is 0. The van der Waals surface area contributed by atoms with Crippen LogP contribution in [0.25, 0.3) is 0 Å². The van der Waals surface area contributed by atoms with Crippen molar-refractivity contribution in [3.05, 3.63) is 109 Å². The lowest BCUT2D eigenvalue weighted by molar-refractivity contribution is -0.161. The topological polar surface area (TPSA) is 155 Å². The molecular formula is C64H107O11P. The molecule has 0 aliphatic carbocycles. The molecule has 3 unspecified atom stereocenters. The number of hydrogen-bond donors (Lipinski definition) is 2. The highest BCUT2D eigenvalue weighted by Gasteiger charge is 2.28. The van der Waals surface area contributed by atoms with Gasteiger partial charge in [-0.25, -0.2) is 4.57 Å². The number of unbranched alkanes of at least 4 members (excludes halogenated alkanes) is 19. The predicted molar refractivity (Wildman–Crippen MR) is 316 cm³/mol. The van der Waals surface area contributed by atoms with Crippen LogP contribution in [-0.4, -0.2) is 66.5 Å². The van der Waals surface area contributed by atoms with E-state index in [0.29, 0.717) is 25.7 Å². The Kier molecular flexibility index (Phi) is 54.4. The Balaban J connectivity index is 4.83. The van der Waals surface area contributed by atoms with Crippen molar-refractivity contribution in [2.45, 2.75) is 251 Å². The largest absolute Gasteiger partial charge is 0.472 e. The van der Waals surface area contributed by atoms with Crippen molar-refractivity contribution >= 4 is 25.7 Å². The van der Waals surface area contributed by atoms with E-state index in [9.17, 15) is 28.9 Å². The van der Waals surface area contributed by atoms with Crippen LogP contribution in [0.1, 0.15) is 239 Å². The molecule has 0 rings (SSSR count). The average molecular weight is 1080 g/mol. The van der Waals surface area contributed by atoms with Crippen molar-refractivity contribution < 1.29 is 52.2 Å². The SMILES string of the molecule is CC/C=C\C/C=C\C/C=C\C/C=C\C/C=C\CCCC(=O)OC(COC(=O)CCCCCCCC/C=C\C/C=C\C/C=C\C/C=C\CC)COP(=O)(O)OCC(CO)OC(=O)CCCCCCCCCCCCCCC. The summed E-state index contributed by atoms with van der Waals surface area (Å²) in [6.07, 6.45) is 69.1. The maximum absolute atomic E-state index is 12.9. The second-order valence-corrected chi connectivity index (χ2v) is 20.9. The van der Waals surface area contributed by atoms with Gasteiger partial charge in [0.25, 0.3) is 0 Å². The maximum atomic E-state index is 12.9. The molecule has 3 atom stereocenters. The summed E-state index contributed by atoms with van der Waals surface area (Å²) in [5, 5.41) is 9.82. The molecule has 0 heterocycles. The summed E-state index contributed by atoms with van der Waals surface area (Å²) < 4.78 is 39.5. The number of hydrogen-bond acceptors (Lipinski definition) is 10. The number of allylic oxidation sites excluding steroid dienone is 18. The molecule has 434 valence electrons. The van der Waals surface area contributed by atoms with Gasteiger partial charge in [0.05, 0.1) is 19.8 Å². The molecule has 0 aromatic carbocycles. The molecule has 0 fully saturated rings. The van der Waals surface area contributed by atoms with Crippen LogP contribution in [0, 0.1) is 0 Å². The molecule has 12 heteroatoms. The second-order valence-electron chi connectivity index (χ2n) is 19.4. The third-order valence-corrected chi connectivity index (χ3v) is 13.1. The van der Waals surface area contributed by atoms with E-state index >= 15 is 0 Å². The van der Waals surface area contributed by atoms with Crippen LogP contribution in [0.15, 0.2) is 109 Å². The van der Waals surface area contributed by atoms with Gasteiger partial charge in [0.1, 0.15) is 12.7 Å². The van der Waals surface area contributed by atoms with Crippen molar-refractivity contribution in [1.29, 1.82) is 0 Å². The molecule has 0 saturated carbocycles. The molecular weight excluding hydrogens is 976 g/mol. The molecule has 76 heavy (non-hydrogen) atoms. The van der Waals surface area contributed by atoms with Gasteiger partial charge in [-0.1, -0.05) is 233 Å². The van der Waals surface area contributed by atoms with Crippen molar-refractivity contribution in [2.75, 3.05) is 26.4 Å². The van der Waals surface area contributed by atoms with Crippen molar-refractivity contribution in [2.24, 2.45) is 0 Å². The highest BCUT2D eigenvalue weighted by molar-refractivity contribution is 7.47. The Morgan fingerprint density at radius 3 is 1.11 bits per heavy atom. The predicted octanol–water partition coefficient (Wildman–Crippen LogP) is 17.8. The third-order valence-electron chi connectivity index (χ3n) is 12.2. The zero-order valence-corrected chi connectivity index (χ0v) is 48.8. The number of phosphoric ester groups is 1. The molecule has 0 bridgehead atoms. The van der Waals surface area contributed by atoms with E-state index in [4.69, 9.17) is 23.3 Å². The molecule has 11 nitrogen and oxygen atoms in total. The van der Waals surface area contributed by atoms with E-state index in [0.717, 1.165) is 116 Å². The van der Waals surface area contributed by atoms with E-state index in [-0.39, 0.29) is 25.9 Å². The first-order chi connectivity index (χ1) is 37.2. The molecule has 2 N–H and O–H groups in total. The highest BCUT2D eigenvalue weighted by atomic mass is 31.2. The molecule has 0 spiro atoms. The molecule has 0 aliphatic heterocycles. The summed E-state index contributed by atoms with van der Waals surface area (Å²) in [5.74, 6) is -1.56. The lowest BCUT2D eigenvalue weighted by Gasteiger charge is -2.21. The number of esters is 3. The summed E-state index contributed by atoms with van der Waals surface area (Å²) in [7, 11) is -4.77. The summed E-state index contributed by atoms with van der Waals surface area (Å²) in [6.45, 7) is 4.34. The van der Waals surface area contributed by atoms with Gasteiger partial charge in [-0.2, -0.15) is 0 Å². The van der Waals surface area contributed by atoms with Gasteiger partial charge < -0.3 is 24.2 Å². The van der Waals surface area contributed by atoms with Crippen LogP contribution in [0.5, 0.6) is 0 Å². The number of rotatable bonds is 54. The fourth-order valence-corrected chi connectivity index (χ4v) is 8.52. The average Bonchev–Trinajstić information content (AvgIpc) is 3.41. The van der Waals surface area contributed by atoms with E-state index in [1.165, 1.54) is 57.8 Å². The number of aliphatic hydroxyl groups excluding tert-OH is 1. The van der Waals surface area contributed by atoms with Gasteiger partial charge in [-0.3, -0.25) is 23.4 Å². The van der Waals surface area contributed by atoms with Crippen LogP contribution in [0.4, 0.5) is 0 Å². The van der Waals surface area contributed by atoms with E-state index in [2.05, 4.69) is 118 Å². The molecule has 0 aliphatic rings. The van der Waals surface area contributed by atoms with Gasteiger partial charge >= 0.3 is 25.7 Å². The third kappa shape index (κ3) is 54.9. The summed E-state index contributed by atoms with van der Waals surface area (Å²) in [6, 6.07) is 0. The fourth-order valence-electron chi connectivity index (χ4n) is 7.74. The molecule has 0 saturated heterocycles. The quantitative estimate of drug-likeness (QED) is 0.0197. The van der Waals surface area contributed by atoms with Crippen molar-refractivity contribution in [3.63, 3.8) is 0 Å². The number of aliphatic hydroxyl groups is 1. The van der Waals surface area contributed by atoms with E-state index < -0.39 is 57.8 Å². The number of phosphoric acid groups is 1. The van der Waals surface area contributed by atoms with Gasteiger partial charge in [0, 0.05) is 19.3 Å². The standard InChI is InChI=1S/C64H107O11P/c1-4-7-10-13-16-19-22-25-27-29-30-32-33-36-38-41-44-47-50-53-62(66)71-57-61(75-64(68)55-52-49-46-43-40-37-34-31-28-26-23-20-17-14-11-8-5-2)59-73-76(69,70)72-58-60(56-65)74-63(67)54-51-48-45-42-39-35-24-21-18-15-12-9-6-3/h7-8,10-11,16-17,19-20,25-28,30,32,34,37,43,46,60-61,65H,4-6,9,12-15,18,21-24,29,31,33,35-36,38-42,44-45,47-59H2,1-3H3,(H,69,70)/b10-7-,11-8-,19-16-,20-17-,27-25-,28-26-,32-30-,37-34-,46-43-. The van der Waals surface area contributed by atoms with E-state index in [1.54, 1.807) is 0 Å². The Hall–Kier alpha value is -3.86. The van der Waals surface area contributed by atoms with Crippen LogP contribution < -0.4 is 0 Å². The van der Waals surface area contributed by atoms with Crippen LogP contribution in [0.3, 0.4) is 0 Å². The minimum absolute atomic E-state index is 0.0817. The number of carbonyl (C=O) groups excluding carboxylic acids is 3. The fraction of sp³-hybridized carbons (Fsp3) is 0.672. The number of carbonyl (C=O) groups is 3. The smallest absolute Gasteiger partial charge is 0.462 e. The summed E-state index contributed by atoms with van der Waals surface area (Å²) in [4.78, 5) is 48.6. The second kappa shape index (κ2) is 57.3. The first-order valence-electron chi connectivity index (χ1n) is 29.8. The normalized spacial score (nSPS) is 14.1. The monoisotopic (exact) mass is 1080 g/mol.